The first-order valence-corrected chi connectivity index (χ1v) is 3.85. The largest absolute Gasteiger partial charge is 0.334 e. The van der Waals surface area contributed by atoms with E-state index >= 15 is 0 Å². The molecule has 0 bridgehead atoms. The van der Waals surface area contributed by atoms with E-state index in [1.807, 2.05) is 4.98 Å². The fourth-order valence-corrected chi connectivity index (χ4v) is 1.14. The molecule has 72 valence electrons. The van der Waals surface area contributed by atoms with Crippen molar-refractivity contribution in [2.45, 2.75) is 12.3 Å². The summed E-state index contributed by atoms with van der Waals surface area (Å²) in [7, 11) is 0. The molecule has 6 heteroatoms. The van der Waals surface area contributed by atoms with Gasteiger partial charge in [-0.15, -0.1) is 11.6 Å². The van der Waals surface area contributed by atoms with Gasteiger partial charge >= 0.3 is 0 Å². The number of pyridine rings is 1. The van der Waals surface area contributed by atoms with Crippen molar-refractivity contribution >= 4 is 11.6 Å². The highest BCUT2D eigenvalue weighted by Crippen LogP contribution is 2.19. The molecule has 2 nitrogen and oxygen atoms in total. The van der Waals surface area contributed by atoms with Crippen LogP contribution in [0.25, 0.3) is 0 Å². The van der Waals surface area contributed by atoms with Crippen molar-refractivity contribution in [3.8, 4) is 0 Å². The predicted octanol–water partition coefficient (Wildman–Crippen LogP) is 2.19. The van der Waals surface area contributed by atoms with E-state index in [2.05, 4.69) is 0 Å². The van der Waals surface area contributed by atoms with Gasteiger partial charge in [-0.3, -0.25) is 4.79 Å². The standard InChI is InChI=1S/C7H5ClF3NO/c8-2-3-6(7(10)11)4(13)1-5(9)12-3/h1,7H,2H2,(H,12,13). The Morgan fingerprint density at radius 2 is 2.15 bits per heavy atom. The summed E-state index contributed by atoms with van der Waals surface area (Å²) in [4.78, 5) is 12.8. The number of hydrogen-bond donors (Lipinski definition) is 1. The molecule has 0 aliphatic heterocycles. The Hall–Kier alpha value is -0.970. The van der Waals surface area contributed by atoms with Crippen LogP contribution < -0.4 is 5.43 Å². The molecule has 1 rings (SSSR count). The lowest BCUT2D eigenvalue weighted by molar-refractivity contribution is 0.148. The Labute approximate surface area is 76.3 Å². The van der Waals surface area contributed by atoms with Crippen molar-refractivity contribution in [2.24, 2.45) is 0 Å². The number of halogens is 4. The molecule has 1 N–H and O–H groups in total. The van der Waals surface area contributed by atoms with E-state index in [-0.39, 0.29) is 11.6 Å². The number of nitrogens with one attached hydrogen (secondary N) is 1. The molecule has 0 aromatic carbocycles. The number of hydrogen-bond acceptors (Lipinski definition) is 1. The maximum Gasteiger partial charge on any atom is 0.269 e. The van der Waals surface area contributed by atoms with Gasteiger partial charge in [0, 0.05) is 11.8 Å². The minimum atomic E-state index is -2.95. The third-order valence-corrected chi connectivity index (χ3v) is 1.74. The molecule has 0 fully saturated rings. The molecule has 1 heterocycles. The Balaban J connectivity index is 3.39. The Kier molecular flexibility index (Phi) is 2.98. The van der Waals surface area contributed by atoms with Gasteiger partial charge < -0.3 is 4.98 Å². The third-order valence-electron chi connectivity index (χ3n) is 1.47. The number of alkyl halides is 3. The van der Waals surface area contributed by atoms with E-state index in [0.29, 0.717) is 6.07 Å². The molecule has 0 spiro atoms. The highest BCUT2D eigenvalue weighted by Gasteiger charge is 2.17. The fraction of sp³-hybridized carbons (Fsp3) is 0.286. The molecule has 1 aromatic rings. The van der Waals surface area contributed by atoms with Gasteiger partial charge in [0.15, 0.2) is 11.4 Å². The van der Waals surface area contributed by atoms with Gasteiger partial charge in [0.2, 0.25) is 0 Å². The number of aromatic nitrogens is 1. The molecule has 0 radical (unpaired) electrons. The number of rotatable bonds is 2. The molecule has 0 unspecified atom stereocenters. The molecule has 0 aliphatic rings. The number of H-pyrrole nitrogens is 1. The quantitative estimate of drug-likeness (QED) is 0.590. The first kappa shape index (κ1) is 10.1. The lowest BCUT2D eigenvalue weighted by atomic mass is 10.2. The van der Waals surface area contributed by atoms with Gasteiger partial charge in [0.05, 0.1) is 11.4 Å². The van der Waals surface area contributed by atoms with Gasteiger partial charge in [0.25, 0.3) is 6.43 Å². The summed E-state index contributed by atoms with van der Waals surface area (Å²) in [5.74, 6) is -1.32. The van der Waals surface area contributed by atoms with Gasteiger partial charge in [-0.25, -0.2) is 8.78 Å². The summed E-state index contributed by atoms with van der Waals surface area (Å²) < 4.78 is 36.9. The molecule has 0 saturated heterocycles. The molecule has 13 heavy (non-hydrogen) atoms. The highest BCUT2D eigenvalue weighted by molar-refractivity contribution is 6.17. The Bertz CT molecular complexity index is 363. The van der Waals surface area contributed by atoms with E-state index in [4.69, 9.17) is 11.6 Å². The SMILES string of the molecule is O=c1cc(F)[nH]c(CCl)c1C(F)F. The van der Waals surface area contributed by atoms with Crippen molar-refractivity contribution < 1.29 is 13.2 Å². The van der Waals surface area contributed by atoms with Gasteiger partial charge in [0.1, 0.15) is 0 Å². The number of aromatic amines is 1. The van der Waals surface area contributed by atoms with Gasteiger partial charge in [-0.1, -0.05) is 0 Å². The second-order valence-corrected chi connectivity index (χ2v) is 2.58. The van der Waals surface area contributed by atoms with Crippen molar-refractivity contribution in [1.29, 1.82) is 0 Å². The molecule has 0 amide bonds. The van der Waals surface area contributed by atoms with Crippen LogP contribution in [0.3, 0.4) is 0 Å². The highest BCUT2D eigenvalue weighted by atomic mass is 35.5. The van der Waals surface area contributed by atoms with Crippen LogP contribution in [0.4, 0.5) is 13.2 Å². The molecule has 1 aromatic heterocycles. The summed E-state index contributed by atoms with van der Waals surface area (Å²) >= 11 is 5.25. The maximum absolute atomic E-state index is 12.5. The van der Waals surface area contributed by atoms with E-state index in [1.165, 1.54) is 0 Å². The van der Waals surface area contributed by atoms with Crippen LogP contribution in [0.1, 0.15) is 17.7 Å². The van der Waals surface area contributed by atoms with Crippen LogP contribution in [0.5, 0.6) is 0 Å². The Morgan fingerprint density at radius 3 is 2.62 bits per heavy atom. The second-order valence-electron chi connectivity index (χ2n) is 2.31. The maximum atomic E-state index is 12.5. The van der Waals surface area contributed by atoms with E-state index in [9.17, 15) is 18.0 Å². The predicted molar refractivity (Wildman–Crippen MR) is 41.5 cm³/mol. The zero-order chi connectivity index (χ0) is 10.0. The smallest absolute Gasteiger partial charge is 0.269 e. The summed E-state index contributed by atoms with van der Waals surface area (Å²) in [6, 6.07) is 0.470. The average Bonchev–Trinajstić information content (AvgIpc) is 2.01. The summed E-state index contributed by atoms with van der Waals surface area (Å²) in [5.41, 5.74) is -2.08. The van der Waals surface area contributed by atoms with Crippen molar-refractivity contribution in [2.75, 3.05) is 0 Å². The lowest BCUT2D eigenvalue weighted by Crippen LogP contribution is -2.14. The minimum Gasteiger partial charge on any atom is -0.334 e. The van der Waals surface area contributed by atoms with Crippen LogP contribution in [0.2, 0.25) is 0 Å². The molecule has 0 aliphatic carbocycles. The van der Waals surface area contributed by atoms with Crippen LogP contribution in [-0.2, 0) is 5.88 Å². The van der Waals surface area contributed by atoms with E-state index < -0.39 is 23.4 Å². The van der Waals surface area contributed by atoms with Gasteiger partial charge in [-0.2, -0.15) is 4.39 Å². The second kappa shape index (κ2) is 3.83. The van der Waals surface area contributed by atoms with Crippen LogP contribution in [0.15, 0.2) is 10.9 Å². The first-order valence-electron chi connectivity index (χ1n) is 3.32. The van der Waals surface area contributed by atoms with E-state index in [1.54, 1.807) is 0 Å². The molecule has 0 atom stereocenters. The third kappa shape index (κ3) is 2.03. The van der Waals surface area contributed by atoms with Crippen LogP contribution in [-0.4, -0.2) is 4.98 Å². The fourth-order valence-electron chi connectivity index (χ4n) is 0.934. The Morgan fingerprint density at radius 1 is 1.54 bits per heavy atom. The van der Waals surface area contributed by atoms with Crippen LogP contribution in [0, 0.1) is 5.95 Å². The van der Waals surface area contributed by atoms with Crippen molar-refractivity contribution in [3.05, 3.63) is 33.5 Å². The molecular weight excluding hydrogens is 207 g/mol. The first-order chi connectivity index (χ1) is 6.06. The zero-order valence-electron chi connectivity index (χ0n) is 6.28. The van der Waals surface area contributed by atoms with Crippen molar-refractivity contribution in [3.63, 3.8) is 0 Å². The zero-order valence-corrected chi connectivity index (χ0v) is 7.04. The average molecular weight is 212 g/mol. The van der Waals surface area contributed by atoms with Crippen LogP contribution >= 0.6 is 11.6 Å². The molecular formula is C7H5ClF3NO. The summed E-state index contributed by atoms with van der Waals surface area (Å²) in [6.45, 7) is 0. The van der Waals surface area contributed by atoms with Gasteiger partial charge in [-0.05, 0) is 0 Å². The monoisotopic (exact) mass is 211 g/mol. The van der Waals surface area contributed by atoms with Crippen molar-refractivity contribution in [1.82, 2.24) is 4.98 Å². The normalized spacial score (nSPS) is 10.8. The van der Waals surface area contributed by atoms with E-state index in [0.717, 1.165) is 0 Å². The lowest BCUT2D eigenvalue weighted by Gasteiger charge is -2.04. The molecule has 0 saturated carbocycles. The topological polar surface area (TPSA) is 32.9 Å². The minimum absolute atomic E-state index is 0.276. The summed E-state index contributed by atoms with van der Waals surface area (Å²) in [6.07, 6.45) is -2.95. The summed E-state index contributed by atoms with van der Waals surface area (Å²) in [5, 5.41) is 0.